The summed E-state index contributed by atoms with van der Waals surface area (Å²) in [5.74, 6) is 0. The predicted molar refractivity (Wildman–Crippen MR) is 69.6 cm³/mol. The highest BCUT2D eigenvalue weighted by molar-refractivity contribution is 7.10. The van der Waals surface area contributed by atoms with E-state index in [2.05, 4.69) is 16.3 Å². The molecule has 2 heterocycles. The predicted octanol–water partition coefficient (Wildman–Crippen LogP) is 2.84. The Morgan fingerprint density at radius 1 is 1.50 bits per heavy atom. The van der Waals surface area contributed by atoms with E-state index in [1.807, 2.05) is 0 Å². The van der Waals surface area contributed by atoms with E-state index in [1.54, 1.807) is 11.3 Å². The molecule has 1 N–H and O–H groups in total. The number of aliphatic hydroxyl groups excluding tert-OH is 1. The summed E-state index contributed by atoms with van der Waals surface area (Å²) in [6.45, 7) is 2.14. The van der Waals surface area contributed by atoms with E-state index in [9.17, 15) is 5.11 Å². The minimum absolute atomic E-state index is 0.397. The molecule has 0 bridgehead atoms. The summed E-state index contributed by atoms with van der Waals surface area (Å²) in [7, 11) is 0. The van der Waals surface area contributed by atoms with Crippen molar-refractivity contribution in [2.45, 2.75) is 22.9 Å². The van der Waals surface area contributed by atoms with Crippen LogP contribution in [0.2, 0.25) is 0 Å². The van der Waals surface area contributed by atoms with Crippen LogP contribution in [0.1, 0.15) is 10.4 Å². The highest BCUT2D eigenvalue weighted by Crippen LogP contribution is 2.32. The third kappa shape index (κ3) is 3.03. The lowest BCUT2D eigenvalue weighted by atomic mass is 10.1. The molecular formula is C10H12Cl3NOS. The standard InChI is InChI=1S/C10H12Cl3NOS/c11-10(12,13)9(15)6-14-3-1-7-2-4-16-8(7)5-14/h2,4,9,15H,1,3,5-6H2. The summed E-state index contributed by atoms with van der Waals surface area (Å²) in [6.07, 6.45) is 0.0600. The van der Waals surface area contributed by atoms with E-state index >= 15 is 0 Å². The number of hydrogen-bond acceptors (Lipinski definition) is 3. The summed E-state index contributed by atoms with van der Waals surface area (Å²) in [5, 5.41) is 11.8. The number of thiophene rings is 1. The van der Waals surface area contributed by atoms with Crippen molar-refractivity contribution >= 4 is 46.1 Å². The number of alkyl halides is 3. The van der Waals surface area contributed by atoms with Gasteiger partial charge in [-0.05, 0) is 23.4 Å². The van der Waals surface area contributed by atoms with E-state index in [0.29, 0.717) is 6.54 Å². The first-order valence-corrected chi connectivity index (χ1v) is 7.00. The van der Waals surface area contributed by atoms with E-state index in [4.69, 9.17) is 34.8 Å². The zero-order valence-electron chi connectivity index (χ0n) is 8.50. The molecule has 1 aromatic rings. The minimum atomic E-state index is -1.60. The van der Waals surface area contributed by atoms with Gasteiger partial charge in [0.05, 0.1) is 0 Å². The lowest BCUT2D eigenvalue weighted by Gasteiger charge is -2.30. The minimum Gasteiger partial charge on any atom is -0.387 e. The van der Waals surface area contributed by atoms with Gasteiger partial charge in [0, 0.05) is 24.5 Å². The molecule has 2 nitrogen and oxygen atoms in total. The number of halogens is 3. The normalized spacial score (nSPS) is 19.5. The van der Waals surface area contributed by atoms with Crippen LogP contribution >= 0.6 is 46.1 Å². The Morgan fingerprint density at radius 2 is 2.25 bits per heavy atom. The van der Waals surface area contributed by atoms with E-state index in [-0.39, 0.29) is 0 Å². The van der Waals surface area contributed by atoms with Gasteiger partial charge in [-0.1, -0.05) is 34.8 Å². The SMILES string of the molecule is OC(CN1CCc2ccsc2C1)C(Cl)(Cl)Cl. The molecule has 0 aliphatic carbocycles. The lowest BCUT2D eigenvalue weighted by molar-refractivity contribution is 0.109. The summed E-state index contributed by atoms with van der Waals surface area (Å²) in [6, 6.07) is 2.16. The van der Waals surface area contributed by atoms with Crippen molar-refractivity contribution in [3.63, 3.8) is 0 Å². The van der Waals surface area contributed by atoms with Gasteiger partial charge in [-0.3, -0.25) is 4.90 Å². The first-order chi connectivity index (χ1) is 7.47. The monoisotopic (exact) mass is 299 g/mol. The third-order valence-electron chi connectivity index (χ3n) is 2.71. The van der Waals surface area contributed by atoms with Crippen molar-refractivity contribution in [3.05, 3.63) is 21.9 Å². The van der Waals surface area contributed by atoms with E-state index in [1.165, 1.54) is 10.4 Å². The molecule has 1 aliphatic rings. The van der Waals surface area contributed by atoms with Crippen molar-refractivity contribution in [2.24, 2.45) is 0 Å². The summed E-state index contributed by atoms with van der Waals surface area (Å²) in [5.41, 5.74) is 1.41. The van der Waals surface area contributed by atoms with E-state index < -0.39 is 9.90 Å². The zero-order valence-corrected chi connectivity index (χ0v) is 11.6. The van der Waals surface area contributed by atoms with Crippen molar-refractivity contribution in [1.82, 2.24) is 4.90 Å². The van der Waals surface area contributed by atoms with E-state index in [0.717, 1.165) is 19.5 Å². The second kappa shape index (κ2) is 5.01. The highest BCUT2D eigenvalue weighted by atomic mass is 35.6. The fraction of sp³-hybridized carbons (Fsp3) is 0.600. The fourth-order valence-electron chi connectivity index (χ4n) is 1.79. The van der Waals surface area contributed by atoms with Crippen LogP contribution in [0.4, 0.5) is 0 Å². The molecular weight excluding hydrogens is 289 g/mol. The smallest absolute Gasteiger partial charge is 0.217 e. The van der Waals surface area contributed by atoms with Gasteiger partial charge in [0.25, 0.3) is 0 Å². The Balaban J connectivity index is 1.95. The summed E-state index contributed by atoms with van der Waals surface area (Å²) >= 11 is 18.7. The van der Waals surface area contributed by atoms with Crippen LogP contribution in [0.5, 0.6) is 0 Å². The van der Waals surface area contributed by atoms with Gasteiger partial charge in [-0.15, -0.1) is 11.3 Å². The number of hydrogen-bond donors (Lipinski definition) is 1. The van der Waals surface area contributed by atoms with Crippen molar-refractivity contribution < 1.29 is 5.11 Å². The maximum absolute atomic E-state index is 9.70. The Morgan fingerprint density at radius 3 is 2.94 bits per heavy atom. The second-order valence-corrected chi connectivity index (χ2v) is 7.28. The van der Waals surface area contributed by atoms with Crippen LogP contribution in [0.3, 0.4) is 0 Å². The zero-order chi connectivity index (χ0) is 11.8. The van der Waals surface area contributed by atoms with Crippen LogP contribution in [0, 0.1) is 0 Å². The van der Waals surface area contributed by atoms with Crippen LogP contribution in [0.15, 0.2) is 11.4 Å². The number of fused-ring (bicyclic) bond motifs is 1. The molecule has 1 aromatic heterocycles. The Labute approximate surface area is 114 Å². The molecule has 0 spiro atoms. The van der Waals surface area contributed by atoms with Crippen LogP contribution in [0.25, 0.3) is 0 Å². The molecule has 0 amide bonds. The molecule has 1 atom stereocenters. The lowest BCUT2D eigenvalue weighted by Crippen LogP contribution is -2.41. The van der Waals surface area contributed by atoms with Gasteiger partial charge >= 0.3 is 0 Å². The molecule has 6 heteroatoms. The Hall–Kier alpha value is 0.490. The average Bonchev–Trinajstić information content (AvgIpc) is 2.63. The van der Waals surface area contributed by atoms with Crippen molar-refractivity contribution in [3.8, 4) is 0 Å². The average molecular weight is 301 g/mol. The number of nitrogens with zero attached hydrogens (tertiary/aromatic N) is 1. The molecule has 90 valence electrons. The molecule has 0 saturated carbocycles. The molecule has 2 rings (SSSR count). The fourth-order valence-corrected chi connectivity index (χ4v) is 2.98. The van der Waals surface area contributed by atoms with Crippen molar-refractivity contribution in [1.29, 1.82) is 0 Å². The Bertz CT molecular complexity index is 363. The van der Waals surface area contributed by atoms with Gasteiger partial charge in [0.1, 0.15) is 6.10 Å². The molecule has 0 saturated heterocycles. The van der Waals surface area contributed by atoms with Gasteiger partial charge in [-0.25, -0.2) is 0 Å². The molecule has 16 heavy (non-hydrogen) atoms. The molecule has 0 fully saturated rings. The highest BCUT2D eigenvalue weighted by Gasteiger charge is 2.33. The molecule has 0 aromatic carbocycles. The number of rotatable bonds is 2. The molecule has 1 unspecified atom stereocenters. The van der Waals surface area contributed by atoms with Crippen molar-refractivity contribution in [2.75, 3.05) is 13.1 Å². The topological polar surface area (TPSA) is 23.5 Å². The summed E-state index contributed by atoms with van der Waals surface area (Å²) in [4.78, 5) is 3.47. The first-order valence-electron chi connectivity index (χ1n) is 4.99. The van der Waals surface area contributed by atoms with Gasteiger partial charge in [0.2, 0.25) is 3.79 Å². The summed E-state index contributed by atoms with van der Waals surface area (Å²) < 4.78 is -1.60. The largest absolute Gasteiger partial charge is 0.387 e. The van der Waals surface area contributed by atoms with Gasteiger partial charge < -0.3 is 5.11 Å². The van der Waals surface area contributed by atoms with Gasteiger partial charge in [-0.2, -0.15) is 0 Å². The second-order valence-electron chi connectivity index (χ2n) is 3.91. The number of aliphatic hydroxyl groups is 1. The number of β-amino-alcohol motifs (C(OH)–C–C–N with tert-alkyl or cyclic N) is 1. The van der Waals surface area contributed by atoms with Crippen LogP contribution < -0.4 is 0 Å². The van der Waals surface area contributed by atoms with Crippen LogP contribution in [-0.4, -0.2) is 33.0 Å². The maximum atomic E-state index is 9.70. The quantitative estimate of drug-likeness (QED) is 0.849. The Kier molecular flexibility index (Phi) is 4.05. The van der Waals surface area contributed by atoms with Gasteiger partial charge in [0.15, 0.2) is 0 Å². The molecule has 1 aliphatic heterocycles. The maximum Gasteiger partial charge on any atom is 0.217 e. The molecule has 0 radical (unpaired) electrons. The van der Waals surface area contributed by atoms with Crippen LogP contribution in [-0.2, 0) is 13.0 Å². The third-order valence-corrected chi connectivity index (χ3v) is 4.41. The first kappa shape index (κ1) is 12.9.